The van der Waals surface area contributed by atoms with Crippen molar-refractivity contribution in [3.05, 3.63) is 77.0 Å². The van der Waals surface area contributed by atoms with E-state index in [1.807, 2.05) is 6.07 Å². The highest BCUT2D eigenvalue weighted by molar-refractivity contribution is 5.64. The maximum Gasteiger partial charge on any atom is 0.309 e. The number of benzene rings is 2. The molecule has 21 heavy (non-hydrogen) atoms. The summed E-state index contributed by atoms with van der Waals surface area (Å²) < 4.78 is 13.5. The zero-order valence-electron chi connectivity index (χ0n) is 10.9. The van der Waals surface area contributed by atoms with Gasteiger partial charge >= 0.3 is 5.56 Å². The maximum absolute atomic E-state index is 13.0. The Kier molecular flexibility index (Phi) is 3.23. The molecule has 0 atom stereocenters. The number of nitrogens with zero attached hydrogens (tertiary/aromatic N) is 2. The first-order valence-electron chi connectivity index (χ1n) is 6.29. The van der Waals surface area contributed by atoms with Crippen LogP contribution < -0.4 is 5.56 Å². The Labute approximate surface area is 119 Å². The fourth-order valence-corrected chi connectivity index (χ4v) is 2.02. The van der Waals surface area contributed by atoms with Crippen LogP contribution in [0.1, 0.15) is 0 Å². The van der Waals surface area contributed by atoms with Crippen LogP contribution in [0.5, 0.6) is 0 Å². The normalized spacial score (nSPS) is 10.5. The molecule has 0 spiro atoms. The lowest BCUT2D eigenvalue weighted by atomic mass is 10.1. The molecule has 0 fully saturated rings. The minimum atomic E-state index is -0.605. The van der Waals surface area contributed by atoms with Crippen molar-refractivity contribution >= 4 is 0 Å². The Balaban J connectivity index is 2.19. The third-order valence-electron chi connectivity index (χ3n) is 3.07. The zero-order chi connectivity index (χ0) is 14.8. The summed E-state index contributed by atoms with van der Waals surface area (Å²) in [5, 5.41) is 9.75. The number of hydrogen-bond acceptors (Lipinski definition) is 3. The second-order valence-corrected chi connectivity index (χ2v) is 4.50. The smallest absolute Gasteiger partial charge is 0.309 e. The van der Waals surface area contributed by atoms with Gasteiger partial charge in [-0.1, -0.05) is 30.3 Å². The summed E-state index contributed by atoms with van der Waals surface area (Å²) in [7, 11) is 0. The van der Waals surface area contributed by atoms with E-state index in [0.29, 0.717) is 21.6 Å². The van der Waals surface area contributed by atoms with Crippen LogP contribution in [0, 0.1) is 5.82 Å². The van der Waals surface area contributed by atoms with E-state index in [-0.39, 0.29) is 11.5 Å². The summed E-state index contributed by atoms with van der Waals surface area (Å²) in [4.78, 5) is 16.3. The Morgan fingerprint density at radius 1 is 0.952 bits per heavy atom. The van der Waals surface area contributed by atoms with E-state index in [0.717, 1.165) is 0 Å². The molecule has 4 nitrogen and oxygen atoms in total. The van der Waals surface area contributed by atoms with Gasteiger partial charge in [-0.25, -0.2) is 9.37 Å². The fraction of sp³-hybridized carbons (Fsp3) is 0. The molecule has 3 rings (SSSR count). The van der Waals surface area contributed by atoms with Gasteiger partial charge in [0.05, 0.1) is 11.9 Å². The second kappa shape index (κ2) is 5.20. The summed E-state index contributed by atoms with van der Waals surface area (Å²) in [5.41, 5.74) is 1.13. The first kappa shape index (κ1) is 13.1. The highest BCUT2D eigenvalue weighted by atomic mass is 19.1. The Hall–Kier alpha value is -2.95. The van der Waals surface area contributed by atoms with Crippen LogP contribution in [0.3, 0.4) is 0 Å². The van der Waals surface area contributed by atoms with Gasteiger partial charge in [0.25, 0.3) is 0 Å². The van der Waals surface area contributed by atoms with Gasteiger partial charge < -0.3 is 5.21 Å². The molecular weight excluding hydrogens is 271 g/mol. The monoisotopic (exact) mass is 282 g/mol. The van der Waals surface area contributed by atoms with Crippen molar-refractivity contribution in [3.63, 3.8) is 0 Å². The Morgan fingerprint density at radius 2 is 1.62 bits per heavy atom. The molecule has 1 aromatic heterocycles. The molecule has 0 radical (unpaired) electrons. The number of hydrogen-bond donors (Lipinski definition) is 1. The summed E-state index contributed by atoms with van der Waals surface area (Å²) in [5.74, 6) is -0.362. The molecule has 0 bridgehead atoms. The van der Waals surface area contributed by atoms with Crippen LogP contribution >= 0.6 is 0 Å². The van der Waals surface area contributed by atoms with Gasteiger partial charge in [-0.15, -0.1) is 0 Å². The van der Waals surface area contributed by atoms with Crippen LogP contribution in [-0.4, -0.2) is 14.9 Å². The minimum absolute atomic E-state index is 0.139. The largest absolute Gasteiger partial charge is 0.425 e. The molecule has 0 amide bonds. The molecule has 2 aromatic carbocycles. The Bertz CT molecular complexity index is 827. The van der Waals surface area contributed by atoms with E-state index < -0.39 is 5.56 Å². The molecule has 104 valence electrons. The van der Waals surface area contributed by atoms with Gasteiger partial charge in [-0.2, -0.15) is 4.73 Å². The summed E-state index contributed by atoms with van der Waals surface area (Å²) in [6.07, 6.45) is 1.21. The predicted octanol–water partition coefficient (Wildman–Crippen LogP) is 2.95. The summed E-state index contributed by atoms with van der Waals surface area (Å²) in [6, 6.07) is 14.5. The molecular formula is C16H11FN2O2. The Morgan fingerprint density at radius 3 is 2.29 bits per heavy atom. The van der Waals surface area contributed by atoms with Gasteiger partial charge in [0.2, 0.25) is 0 Å². The maximum atomic E-state index is 13.0. The van der Waals surface area contributed by atoms with Gasteiger partial charge in [-0.05, 0) is 24.3 Å². The van der Waals surface area contributed by atoms with Crippen molar-refractivity contribution in [3.8, 4) is 22.5 Å². The van der Waals surface area contributed by atoms with Gasteiger partial charge in [-0.3, -0.25) is 4.79 Å². The lowest BCUT2D eigenvalue weighted by molar-refractivity contribution is 0.175. The van der Waals surface area contributed by atoms with Crippen molar-refractivity contribution in [1.82, 2.24) is 9.71 Å². The van der Waals surface area contributed by atoms with Crippen molar-refractivity contribution in [1.29, 1.82) is 0 Å². The van der Waals surface area contributed by atoms with Gasteiger partial charge in [0.15, 0.2) is 0 Å². The molecule has 1 heterocycles. The van der Waals surface area contributed by atoms with Crippen molar-refractivity contribution < 1.29 is 9.60 Å². The van der Waals surface area contributed by atoms with E-state index in [9.17, 15) is 14.4 Å². The highest BCUT2D eigenvalue weighted by Crippen LogP contribution is 2.20. The van der Waals surface area contributed by atoms with E-state index in [1.54, 1.807) is 24.3 Å². The van der Waals surface area contributed by atoms with Crippen LogP contribution in [0.4, 0.5) is 4.39 Å². The standard InChI is InChI=1S/C16H11FN2O2/c17-13-8-6-11(7-9-13)14-10-19(21)16(20)15(18-14)12-4-2-1-3-5-12/h1-10,21H. The lowest BCUT2D eigenvalue weighted by Crippen LogP contribution is -2.21. The number of aromatic nitrogens is 2. The average Bonchev–Trinajstić information content (AvgIpc) is 2.51. The predicted molar refractivity (Wildman–Crippen MR) is 76.5 cm³/mol. The zero-order valence-corrected chi connectivity index (χ0v) is 10.9. The van der Waals surface area contributed by atoms with E-state index in [1.165, 1.54) is 30.5 Å². The molecule has 0 saturated carbocycles. The molecule has 5 heteroatoms. The first-order chi connectivity index (χ1) is 10.1. The van der Waals surface area contributed by atoms with Crippen molar-refractivity contribution in [2.45, 2.75) is 0 Å². The first-order valence-corrected chi connectivity index (χ1v) is 6.29. The number of halogens is 1. The van der Waals surface area contributed by atoms with Crippen LogP contribution in [0.25, 0.3) is 22.5 Å². The number of rotatable bonds is 2. The highest BCUT2D eigenvalue weighted by Gasteiger charge is 2.11. The average molecular weight is 282 g/mol. The quantitative estimate of drug-likeness (QED) is 0.735. The van der Waals surface area contributed by atoms with E-state index in [4.69, 9.17) is 0 Å². The van der Waals surface area contributed by atoms with Gasteiger partial charge in [0.1, 0.15) is 11.5 Å². The van der Waals surface area contributed by atoms with Crippen LogP contribution in [0.2, 0.25) is 0 Å². The molecule has 0 aliphatic rings. The summed E-state index contributed by atoms with van der Waals surface area (Å²) in [6.45, 7) is 0. The molecule has 0 unspecified atom stereocenters. The second-order valence-electron chi connectivity index (χ2n) is 4.50. The van der Waals surface area contributed by atoms with Gasteiger partial charge in [0, 0.05) is 11.1 Å². The topological polar surface area (TPSA) is 55.1 Å². The third kappa shape index (κ3) is 2.53. The van der Waals surface area contributed by atoms with E-state index in [2.05, 4.69) is 4.98 Å². The third-order valence-corrected chi connectivity index (χ3v) is 3.07. The minimum Gasteiger partial charge on any atom is -0.425 e. The molecule has 3 aromatic rings. The lowest BCUT2D eigenvalue weighted by Gasteiger charge is -2.07. The molecule has 0 aliphatic carbocycles. The molecule has 0 aliphatic heterocycles. The van der Waals surface area contributed by atoms with Crippen molar-refractivity contribution in [2.75, 3.05) is 0 Å². The SMILES string of the molecule is O=c1c(-c2ccccc2)nc(-c2ccc(F)cc2)cn1O. The van der Waals surface area contributed by atoms with Crippen molar-refractivity contribution in [2.24, 2.45) is 0 Å². The summed E-state index contributed by atoms with van der Waals surface area (Å²) >= 11 is 0. The van der Waals surface area contributed by atoms with Crippen LogP contribution in [0.15, 0.2) is 65.6 Å². The fourth-order valence-electron chi connectivity index (χ4n) is 2.02. The van der Waals surface area contributed by atoms with E-state index >= 15 is 0 Å². The molecule has 1 N–H and O–H groups in total. The van der Waals surface area contributed by atoms with Crippen LogP contribution in [-0.2, 0) is 0 Å². The molecule has 0 saturated heterocycles.